The molecule has 0 bridgehead atoms. The Morgan fingerprint density at radius 2 is 2.13 bits per heavy atom. The van der Waals surface area contributed by atoms with Gasteiger partial charge in [0.1, 0.15) is 10.7 Å². The number of nitrogens with two attached hydrogens (primary N) is 2. The molecule has 8 nitrogen and oxygen atoms in total. The number of nitrogen functional groups attached to an aromatic ring is 1. The quantitative estimate of drug-likeness (QED) is 0.465. The van der Waals surface area contributed by atoms with Gasteiger partial charge in [-0.3, -0.25) is 9.89 Å². The smallest absolute Gasteiger partial charge is 0.399 e. The normalized spacial score (nSPS) is 16.8. The van der Waals surface area contributed by atoms with E-state index in [1.807, 2.05) is 6.07 Å². The van der Waals surface area contributed by atoms with Crippen LogP contribution in [0.1, 0.15) is 22.6 Å². The highest BCUT2D eigenvalue weighted by Gasteiger charge is 2.34. The molecule has 1 saturated heterocycles. The van der Waals surface area contributed by atoms with Gasteiger partial charge in [0.05, 0.1) is 17.1 Å². The van der Waals surface area contributed by atoms with Crippen LogP contribution in [0.4, 0.5) is 30.2 Å². The molecule has 0 unspecified atom stereocenters. The van der Waals surface area contributed by atoms with Gasteiger partial charge in [-0.1, -0.05) is 0 Å². The van der Waals surface area contributed by atoms with Gasteiger partial charge in [0.25, 0.3) is 5.91 Å². The Kier molecular flexibility index (Phi) is 5.12. The van der Waals surface area contributed by atoms with Gasteiger partial charge in [0, 0.05) is 30.2 Å². The van der Waals surface area contributed by atoms with Gasteiger partial charge < -0.3 is 21.7 Å². The van der Waals surface area contributed by atoms with E-state index in [-0.39, 0.29) is 22.4 Å². The van der Waals surface area contributed by atoms with Crippen LogP contribution in [0.3, 0.4) is 0 Å². The molecule has 1 aliphatic heterocycles. The predicted molar refractivity (Wildman–Crippen MR) is 108 cm³/mol. The van der Waals surface area contributed by atoms with E-state index >= 15 is 0 Å². The summed E-state index contributed by atoms with van der Waals surface area (Å²) >= 11 is 1.04. The third kappa shape index (κ3) is 4.09. The molecule has 30 heavy (non-hydrogen) atoms. The molecule has 1 fully saturated rings. The maximum atomic E-state index is 12.7. The fourth-order valence-corrected chi connectivity index (χ4v) is 3.97. The number of H-pyrrole nitrogens is 1. The first-order valence-electron chi connectivity index (χ1n) is 9.00. The Morgan fingerprint density at radius 3 is 2.80 bits per heavy atom. The molecule has 0 spiro atoms. The third-order valence-corrected chi connectivity index (χ3v) is 5.55. The summed E-state index contributed by atoms with van der Waals surface area (Å²) in [6.45, 7) is 1.42. The van der Waals surface area contributed by atoms with Gasteiger partial charge in [-0.05, 0) is 30.7 Å². The average molecular weight is 437 g/mol. The number of benzene rings is 1. The van der Waals surface area contributed by atoms with E-state index in [1.165, 1.54) is 5.38 Å². The Labute approximate surface area is 173 Å². The van der Waals surface area contributed by atoms with Crippen molar-refractivity contribution >= 4 is 34.3 Å². The van der Waals surface area contributed by atoms with Crippen molar-refractivity contribution in [1.82, 2.24) is 15.2 Å². The molecular weight excluding hydrogens is 419 g/mol. The zero-order valence-corrected chi connectivity index (χ0v) is 16.3. The fourth-order valence-electron chi connectivity index (χ4n) is 3.20. The first-order valence-corrected chi connectivity index (χ1v) is 9.88. The Hall–Kier alpha value is -3.12. The number of carbonyl (C=O) groups excluding carboxylic acids is 1. The molecule has 12 heteroatoms. The van der Waals surface area contributed by atoms with Crippen molar-refractivity contribution in [2.75, 3.05) is 29.0 Å². The minimum absolute atomic E-state index is 0.0585. The zero-order valence-electron chi connectivity index (χ0n) is 15.5. The Balaban J connectivity index is 1.54. The van der Waals surface area contributed by atoms with Crippen LogP contribution in [-0.4, -0.2) is 40.2 Å². The molecule has 4 rings (SSSR count). The lowest BCUT2D eigenvalue weighted by Gasteiger charge is -2.22. The molecule has 1 amide bonds. The number of amides is 1. The number of anilines is 3. The lowest BCUT2D eigenvalue weighted by Crippen LogP contribution is -2.27. The van der Waals surface area contributed by atoms with Crippen molar-refractivity contribution < 1.29 is 18.0 Å². The molecule has 6 N–H and O–H groups in total. The van der Waals surface area contributed by atoms with Crippen LogP contribution in [0.25, 0.3) is 10.7 Å². The van der Waals surface area contributed by atoms with E-state index in [1.54, 1.807) is 12.1 Å². The molecule has 0 saturated carbocycles. The summed E-state index contributed by atoms with van der Waals surface area (Å²) in [6.07, 6.45) is -3.72. The van der Waals surface area contributed by atoms with Gasteiger partial charge in [-0.2, -0.15) is 18.3 Å². The van der Waals surface area contributed by atoms with E-state index in [4.69, 9.17) is 11.5 Å². The van der Waals surface area contributed by atoms with Crippen LogP contribution >= 0.6 is 11.3 Å². The summed E-state index contributed by atoms with van der Waals surface area (Å²) in [6, 6.07) is 6.12. The first kappa shape index (κ1) is 20.2. The van der Waals surface area contributed by atoms with Crippen molar-refractivity contribution in [3.63, 3.8) is 0 Å². The highest BCUT2D eigenvalue weighted by molar-refractivity contribution is 7.13. The van der Waals surface area contributed by atoms with E-state index < -0.39 is 17.8 Å². The minimum atomic E-state index is -4.56. The number of nitrogens with one attached hydrogen (secondary N) is 2. The Bertz CT molecular complexity index is 1080. The summed E-state index contributed by atoms with van der Waals surface area (Å²) in [7, 11) is 0. The Morgan fingerprint density at radius 1 is 1.33 bits per heavy atom. The van der Waals surface area contributed by atoms with Gasteiger partial charge in [-0.25, -0.2) is 4.98 Å². The number of nitrogens with zero attached hydrogens (tertiary/aromatic N) is 3. The van der Waals surface area contributed by atoms with Crippen molar-refractivity contribution in [1.29, 1.82) is 0 Å². The number of aromatic amines is 1. The van der Waals surface area contributed by atoms with Crippen LogP contribution in [0, 0.1) is 0 Å². The second kappa shape index (κ2) is 7.61. The number of rotatable bonds is 4. The topological polar surface area (TPSA) is 126 Å². The summed E-state index contributed by atoms with van der Waals surface area (Å²) in [5.41, 5.74) is 12.8. The highest BCUT2D eigenvalue weighted by Crippen LogP contribution is 2.33. The van der Waals surface area contributed by atoms with Crippen molar-refractivity contribution in [2.24, 2.45) is 5.73 Å². The fraction of sp³-hybridized carbons (Fsp3) is 0.278. The van der Waals surface area contributed by atoms with Gasteiger partial charge in [0.15, 0.2) is 5.69 Å². The lowest BCUT2D eigenvalue weighted by molar-refractivity contribution is -0.141. The second-order valence-corrected chi connectivity index (χ2v) is 7.79. The van der Waals surface area contributed by atoms with E-state index in [0.717, 1.165) is 36.1 Å². The zero-order chi connectivity index (χ0) is 21.5. The molecule has 3 heterocycles. The average Bonchev–Trinajstić information content (AvgIpc) is 3.41. The molecular formula is C18H18F3N7OS. The second-order valence-electron chi connectivity index (χ2n) is 6.93. The van der Waals surface area contributed by atoms with E-state index in [2.05, 4.69) is 25.4 Å². The number of aromatic nitrogens is 3. The summed E-state index contributed by atoms with van der Waals surface area (Å²) < 4.78 is 38.2. The number of hydrogen-bond acceptors (Lipinski definition) is 7. The molecule has 1 aliphatic rings. The third-order valence-electron chi connectivity index (χ3n) is 4.67. The van der Waals surface area contributed by atoms with Crippen LogP contribution < -0.4 is 21.7 Å². The number of alkyl halides is 3. The molecule has 158 valence electrons. The SMILES string of the molecule is Nc1ccc(N2CC[C@@H](N)C2)c(NC(=O)c2csc(-c3cc(C(F)(F)F)n[nH]3)n2)c1. The summed E-state index contributed by atoms with van der Waals surface area (Å²) in [5.74, 6) is -0.497. The van der Waals surface area contributed by atoms with Crippen molar-refractivity contribution in [3.8, 4) is 10.7 Å². The molecule has 1 atom stereocenters. The monoisotopic (exact) mass is 437 g/mol. The molecule has 0 radical (unpaired) electrons. The largest absolute Gasteiger partial charge is 0.435 e. The molecule has 3 aromatic rings. The molecule has 2 aromatic heterocycles. The van der Waals surface area contributed by atoms with Crippen LogP contribution in [-0.2, 0) is 6.18 Å². The lowest BCUT2D eigenvalue weighted by atomic mass is 10.2. The van der Waals surface area contributed by atoms with E-state index in [9.17, 15) is 18.0 Å². The number of halogens is 3. The standard InChI is InChI=1S/C18H18F3N7OS/c19-18(20,21)15-6-12(26-27-15)17-25-13(8-30-17)16(29)24-11-5-9(22)1-2-14(11)28-4-3-10(23)7-28/h1-2,5-6,8,10H,3-4,7,22-23H2,(H,24,29)(H,26,27)/t10-/m1/s1. The van der Waals surface area contributed by atoms with Crippen molar-refractivity contribution in [3.05, 3.63) is 41.0 Å². The first-order chi connectivity index (χ1) is 14.2. The molecule has 1 aromatic carbocycles. The van der Waals surface area contributed by atoms with Gasteiger partial charge in [-0.15, -0.1) is 11.3 Å². The number of thiazole rings is 1. The number of carbonyl (C=O) groups is 1. The van der Waals surface area contributed by atoms with Crippen LogP contribution in [0.2, 0.25) is 0 Å². The van der Waals surface area contributed by atoms with Crippen molar-refractivity contribution in [2.45, 2.75) is 18.6 Å². The summed E-state index contributed by atoms with van der Waals surface area (Å²) in [5, 5.41) is 10.0. The summed E-state index contributed by atoms with van der Waals surface area (Å²) in [4.78, 5) is 18.9. The van der Waals surface area contributed by atoms with Gasteiger partial charge >= 0.3 is 6.18 Å². The molecule has 0 aliphatic carbocycles. The van der Waals surface area contributed by atoms with Crippen LogP contribution in [0.5, 0.6) is 0 Å². The maximum Gasteiger partial charge on any atom is 0.435 e. The maximum absolute atomic E-state index is 12.7. The highest BCUT2D eigenvalue weighted by atomic mass is 32.1. The van der Waals surface area contributed by atoms with Crippen LogP contribution in [0.15, 0.2) is 29.6 Å². The predicted octanol–water partition coefficient (Wildman–Crippen LogP) is 2.92. The number of hydrogen-bond donors (Lipinski definition) is 4. The van der Waals surface area contributed by atoms with Gasteiger partial charge in [0.2, 0.25) is 0 Å². The van der Waals surface area contributed by atoms with E-state index in [0.29, 0.717) is 17.9 Å². The minimum Gasteiger partial charge on any atom is -0.399 e.